The lowest BCUT2D eigenvalue weighted by Gasteiger charge is -2.08. The fourth-order valence-electron chi connectivity index (χ4n) is 0.868. The van der Waals surface area contributed by atoms with E-state index in [1.807, 2.05) is 0 Å². The zero-order valence-electron chi connectivity index (χ0n) is 9.74. The van der Waals surface area contributed by atoms with Gasteiger partial charge in [0.2, 0.25) is 0 Å². The number of carbonyl (C=O) groups excluding carboxylic acids is 1. The van der Waals surface area contributed by atoms with Crippen LogP contribution in [0.25, 0.3) is 0 Å². The highest BCUT2D eigenvalue weighted by Gasteiger charge is 2.18. The molecule has 5 nitrogen and oxygen atoms in total. The first kappa shape index (κ1) is 15.3. The highest BCUT2D eigenvalue weighted by Crippen LogP contribution is 1.98. The Morgan fingerprint density at radius 3 is 2.62 bits per heavy atom. The van der Waals surface area contributed by atoms with Gasteiger partial charge in [0.25, 0.3) is 6.36 Å². The van der Waals surface area contributed by atoms with Gasteiger partial charge < -0.3 is 18.9 Å². The van der Waals surface area contributed by atoms with Crippen molar-refractivity contribution in [2.24, 2.45) is 0 Å². The van der Waals surface area contributed by atoms with Crippen LogP contribution >= 0.6 is 0 Å². The second-order valence-electron chi connectivity index (χ2n) is 2.90. The number of rotatable bonds is 10. The Labute approximate surface area is 94.8 Å². The maximum atomic E-state index is 12.9. The molecular weight excluding hydrogens is 219 g/mol. The minimum absolute atomic E-state index is 0.118. The van der Waals surface area contributed by atoms with E-state index < -0.39 is 12.3 Å². The number of halogens is 1. The van der Waals surface area contributed by atoms with Crippen molar-refractivity contribution in [2.75, 3.05) is 40.1 Å². The summed E-state index contributed by atoms with van der Waals surface area (Å²) in [5.74, 6) is -0.984. The van der Waals surface area contributed by atoms with Gasteiger partial charge in [0.05, 0.1) is 26.4 Å². The van der Waals surface area contributed by atoms with Crippen LogP contribution in [0, 0.1) is 0 Å². The third-order valence-electron chi connectivity index (χ3n) is 1.60. The van der Waals surface area contributed by atoms with E-state index in [1.165, 1.54) is 0 Å². The smallest absolute Gasteiger partial charge is 0.368 e. The van der Waals surface area contributed by atoms with Gasteiger partial charge in [-0.15, -0.1) is 0 Å². The van der Waals surface area contributed by atoms with Crippen LogP contribution in [0.15, 0.2) is 0 Å². The normalized spacial score (nSPS) is 12.4. The fourth-order valence-corrected chi connectivity index (χ4v) is 0.868. The van der Waals surface area contributed by atoms with E-state index >= 15 is 0 Å². The average Bonchev–Trinajstić information content (AvgIpc) is 2.28. The quantitative estimate of drug-likeness (QED) is 0.418. The Morgan fingerprint density at radius 2 is 2.00 bits per heavy atom. The van der Waals surface area contributed by atoms with E-state index in [4.69, 9.17) is 9.47 Å². The lowest BCUT2D eigenvalue weighted by molar-refractivity contribution is -0.169. The highest BCUT2D eigenvalue weighted by molar-refractivity contribution is 5.72. The van der Waals surface area contributed by atoms with Crippen molar-refractivity contribution in [1.82, 2.24) is 0 Å². The number of esters is 1. The second-order valence-corrected chi connectivity index (χ2v) is 2.90. The molecule has 0 aromatic rings. The monoisotopic (exact) mass is 238 g/mol. The minimum atomic E-state index is -2.00. The van der Waals surface area contributed by atoms with Crippen LogP contribution in [0.4, 0.5) is 4.39 Å². The Morgan fingerprint density at radius 1 is 1.25 bits per heavy atom. The summed E-state index contributed by atoms with van der Waals surface area (Å²) in [6, 6.07) is 0. The molecule has 0 bridgehead atoms. The summed E-state index contributed by atoms with van der Waals surface area (Å²) >= 11 is 0. The van der Waals surface area contributed by atoms with Crippen LogP contribution < -0.4 is 0 Å². The van der Waals surface area contributed by atoms with Crippen LogP contribution in [-0.2, 0) is 23.7 Å². The molecule has 0 fully saturated rings. The van der Waals surface area contributed by atoms with Gasteiger partial charge in [0, 0.05) is 13.7 Å². The maximum Gasteiger partial charge on any atom is 0.368 e. The number of hydrogen-bond acceptors (Lipinski definition) is 5. The third-order valence-corrected chi connectivity index (χ3v) is 1.60. The average molecular weight is 238 g/mol. The molecule has 0 saturated carbocycles. The van der Waals surface area contributed by atoms with Gasteiger partial charge >= 0.3 is 5.97 Å². The van der Waals surface area contributed by atoms with E-state index in [0.717, 1.165) is 0 Å². The summed E-state index contributed by atoms with van der Waals surface area (Å²) in [4.78, 5) is 10.8. The fraction of sp³-hybridized carbons (Fsp3) is 0.900. The molecule has 0 heterocycles. The molecule has 0 aliphatic rings. The standard InChI is InChI=1S/C10H19FO5/c1-3-15-10(12)9(11)16-6-4-5-14-8-7-13-2/h9H,3-8H2,1-2H3. The molecule has 6 heteroatoms. The van der Waals surface area contributed by atoms with E-state index in [2.05, 4.69) is 9.47 Å². The van der Waals surface area contributed by atoms with Gasteiger partial charge in [-0.3, -0.25) is 0 Å². The second kappa shape index (κ2) is 10.8. The highest BCUT2D eigenvalue weighted by atomic mass is 19.1. The zero-order valence-corrected chi connectivity index (χ0v) is 9.74. The SMILES string of the molecule is CCOC(=O)C(F)OCCCOCCOC. The number of methoxy groups -OCH3 is 1. The topological polar surface area (TPSA) is 54.0 Å². The van der Waals surface area contributed by atoms with Crippen molar-refractivity contribution in [3.05, 3.63) is 0 Å². The van der Waals surface area contributed by atoms with E-state index in [9.17, 15) is 9.18 Å². The molecular formula is C10H19FO5. The van der Waals surface area contributed by atoms with E-state index in [-0.39, 0.29) is 13.2 Å². The van der Waals surface area contributed by atoms with Crippen LogP contribution in [0.5, 0.6) is 0 Å². The molecule has 0 saturated heterocycles. The van der Waals surface area contributed by atoms with Crippen molar-refractivity contribution >= 4 is 5.97 Å². The van der Waals surface area contributed by atoms with Gasteiger partial charge in [0.15, 0.2) is 0 Å². The first-order chi connectivity index (χ1) is 7.72. The lowest BCUT2D eigenvalue weighted by atomic mass is 10.5. The minimum Gasteiger partial charge on any atom is -0.462 e. The van der Waals surface area contributed by atoms with Crippen molar-refractivity contribution in [2.45, 2.75) is 19.7 Å². The molecule has 1 atom stereocenters. The molecule has 0 aliphatic carbocycles. The van der Waals surface area contributed by atoms with Gasteiger partial charge in [-0.2, -0.15) is 0 Å². The third kappa shape index (κ3) is 8.58. The van der Waals surface area contributed by atoms with Crippen LogP contribution in [-0.4, -0.2) is 52.5 Å². The molecule has 0 aromatic carbocycles. The first-order valence-electron chi connectivity index (χ1n) is 5.21. The summed E-state index contributed by atoms with van der Waals surface area (Å²) in [5.41, 5.74) is 0. The Kier molecular flexibility index (Phi) is 10.3. The van der Waals surface area contributed by atoms with Crippen molar-refractivity contribution in [3.8, 4) is 0 Å². The zero-order chi connectivity index (χ0) is 12.2. The van der Waals surface area contributed by atoms with E-state index in [0.29, 0.717) is 26.2 Å². The molecule has 0 spiro atoms. The summed E-state index contributed by atoms with van der Waals surface area (Å²) in [6.45, 7) is 3.33. The summed E-state index contributed by atoms with van der Waals surface area (Å²) in [7, 11) is 1.58. The molecule has 0 aliphatic heterocycles. The molecule has 0 rings (SSSR count). The van der Waals surface area contributed by atoms with Crippen molar-refractivity contribution < 1.29 is 28.1 Å². The van der Waals surface area contributed by atoms with Crippen LogP contribution in [0.3, 0.4) is 0 Å². The van der Waals surface area contributed by atoms with E-state index in [1.54, 1.807) is 14.0 Å². The Balaban J connectivity index is 3.27. The lowest BCUT2D eigenvalue weighted by Crippen LogP contribution is -2.22. The van der Waals surface area contributed by atoms with Gasteiger partial charge in [-0.1, -0.05) is 0 Å². The molecule has 0 aromatic heterocycles. The summed E-state index contributed by atoms with van der Waals surface area (Å²) in [6.07, 6.45) is -1.48. The van der Waals surface area contributed by atoms with Gasteiger partial charge in [-0.25, -0.2) is 9.18 Å². The summed E-state index contributed by atoms with van der Waals surface area (Å²) in [5, 5.41) is 0. The molecule has 0 N–H and O–H groups in total. The van der Waals surface area contributed by atoms with Crippen molar-refractivity contribution in [3.63, 3.8) is 0 Å². The predicted molar refractivity (Wildman–Crippen MR) is 54.8 cm³/mol. The molecule has 0 amide bonds. The number of hydrogen-bond donors (Lipinski definition) is 0. The molecule has 96 valence electrons. The van der Waals surface area contributed by atoms with Crippen molar-refractivity contribution in [1.29, 1.82) is 0 Å². The van der Waals surface area contributed by atoms with Crippen LogP contribution in [0.1, 0.15) is 13.3 Å². The maximum absolute atomic E-state index is 12.9. The first-order valence-corrected chi connectivity index (χ1v) is 5.21. The number of alkyl halides is 1. The van der Waals surface area contributed by atoms with Gasteiger partial charge in [-0.05, 0) is 13.3 Å². The molecule has 0 radical (unpaired) electrons. The number of carbonyl (C=O) groups is 1. The largest absolute Gasteiger partial charge is 0.462 e. The van der Waals surface area contributed by atoms with Gasteiger partial charge in [0.1, 0.15) is 0 Å². The molecule has 1 unspecified atom stereocenters. The number of ether oxygens (including phenoxy) is 4. The van der Waals surface area contributed by atoms with Crippen LogP contribution in [0.2, 0.25) is 0 Å². The Bertz CT molecular complexity index is 177. The predicted octanol–water partition coefficient (Wildman–Crippen LogP) is 0.915. The summed E-state index contributed by atoms with van der Waals surface area (Å²) < 4.78 is 31.8. The Hall–Kier alpha value is -0.720. The molecule has 16 heavy (non-hydrogen) atoms.